The molecule has 0 aromatic carbocycles. The van der Waals surface area contributed by atoms with E-state index in [1.165, 1.54) is 25.7 Å². The molecule has 0 bridgehead atoms. The van der Waals surface area contributed by atoms with E-state index in [0.717, 1.165) is 0 Å². The molecule has 0 aliphatic heterocycles. The lowest BCUT2D eigenvalue weighted by molar-refractivity contribution is -0.00197. The molecule has 4 heteroatoms. The van der Waals surface area contributed by atoms with Crippen molar-refractivity contribution in [3.05, 3.63) is 0 Å². The van der Waals surface area contributed by atoms with Crippen molar-refractivity contribution < 1.29 is 14.6 Å². The van der Waals surface area contributed by atoms with Crippen LogP contribution in [0, 0.1) is 0 Å². The van der Waals surface area contributed by atoms with Gasteiger partial charge in [-0.2, -0.15) is 0 Å². The van der Waals surface area contributed by atoms with Crippen molar-refractivity contribution in [2.24, 2.45) is 0 Å². The second-order valence-corrected chi connectivity index (χ2v) is 4.60. The van der Waals surface area contributed by atoms with Gasteiger partial charge in [0, 0.05) is 19.7 Å². The number of methoxy groups -OCH3 is 1. The molecule has 0 aromatic heterocycles. The summed E-state index contributed by atoms with van der Waals surface area (Å²) in [6.07, 6.45) is 4.81. The predicted octanol–water partition coefficient (Wildman–Crippen LogP) is 0.885. The van der Waals surface area contributed by atoms with Crippen LogP contribution in [0.4, 0.5) is 0 Å². The minimum Gasteiger partial charge on any atom is -0.389 e. The van der Waals surface area contributed by atoms with E-state index in [-0.39, 0.29) is 6.10 Å². The summed E-state index contributed by atoms with van der Waals surface area (Å²) in [4.78, 5) is 2.26. The molecular weight excluding hydrogens is 206 g/mol. The lowest BCUT2D eigenvalue weighted by Crippen LogP contribution is -2.38. The molecule has 0 aromatic rings. The summed E-state index contributed by atoms with van der Waals surface area (Å²) in [5, 5.41) is 9.77. The molecule has 0 radical (unpaired) electrons. The van der Waals surface area contributed by atoms with Crippen LogP contribution in [0.15, 0.2) is 0 Å². The van der Waals surface area contributed by atoms with Crippen molar-refractivity contribution in [3.8, 4) is 0 Å². The van der Waals surface area contributed by atoms with E-state index in [2.05, 4.69) is 11.9 Å². The molecule has 1 fully saturated rings. The molecular formula is C12H25NO3. The second-order valence-electron chi connectivity index (χ2n) is 4.60. The monoisotopic (exact) mass is 231 g/mol. The van der Waals surface area contributed by atoms with Gasteiger partial charge in [-0.25, -0.2) is 0 Å². The summed E-state index contributed by atoms with van der Waals surface area (Å²) in [7, 11) is 3.74. The number of aliphatic hydroxyl groups is 1. The zero-order valence-corrected chi connectivity index (χ0v) is 10.5. The third-order valence-corrected chi connectivity index (χ3v) is 3.19. The topological polar surface area (TPSA) is 41.9 Å². The summed E-state index contributed by atoms with van der Waals surface area (Å²) in [6.45, 7) is 2.25. The number of hydrogen-bond acceptors (Lipinski definition) is 4. The van der Waals surface area contributed by atoms with Gasteiger partial charge in [0.1, 0.15) is 0 Å². The first-order valence-electron chi connectivity index (χ1n) is 6.19. The molecule has 1 aliphatic carbocycles. The maximum absolute atomic E-state index is 9.77. The Bertz CT molecular complexity index is 172. The highest BCUT2D eigenvalue weighted by Gasteiger charge is 2.21. The minimum atomic E-state index is -0.387. The van der Waals surface area contributed by atoms with Crippen LogP contribution in [0.25, 0.3) is 0 Å². The van der Waals surface area contributed by atoms with E-state index in [4.69, 9.17) is 9.47 Å². The largest absolute Gasteiger partial charge is 0.389 e. The van der Waals surface area contributed by atoms with Crippen LogP contribution in [-0.4, -0.2) is 62.7 Å². The fraction of sp³-hybridized carbons (Fsp3) is 1.00. The normalized spacial score (nSPS) is 19.5. The highest BCUT2D eigenvalue weighted by Crippen LogP contribution is 2.22. The highest BCUT2D eigenvalue weighted by atomic mass is 16.5. The van der Waals surface area contributed by atoms with Gasteiger partial charge in [-0.15, -0.1) is 0 Å². The molecule has 4 nitrogen and oxygen atoms in total. The van der Waals surface area contributed by atoms with Crippen molar-refractivity contribution in [1.82, 2.24) is 4.90 Å². The molecule has 0 saturated heterocycles. The van der Waals surface area contributed by atoms with Gasteiger partial charge in [0.15, 0.2) is 0 Å². The lowest BCUT2D eigenvalue weighted by atomic mass is 10.2. The van der Waals surface area contributed by atoms with Gasteiger partial charge in [-0.3, -0.25) is 0 Å². The maximum atomic E-state index is 9.77. The van der Waals surface area contributed by atoms with Gasteiger partial charge >= 0.3 is 0 Å². The summed E-state index contributed by atoms with van der Waals surface area (Å²) < 4.78 is 10.2. The SMILES string of the molecule is COCCOCC(O)CN(C)C1CCCC1. The first-order chi connectivity index (χ1) is 7.74. The molecule has 1 atom stereocenters. The van der Waals surface area contributed by atoms with Crippen molar-refractivity contribution in [2.75, 3.05) is 40.5 Å². The summed E-state index contributed by atoms with van der Waals surface area (Å²) in [5.74, 6) is 0. The van der Waals surface area contributed by atoms with Gasteiger partial charge in [-0.05, 0) is 19.9 Å². The van der Waals surface area contributed by atoms with Crippen LogP contribution in [0.2, 0.25) is 0 Å². The quantitative estimate of drug-likeness (QED) is 0.630. The van der Waals surface area contributed by atoms with Gasteiger partial charge in [-0.1, -0.05) is 12.8 Å². The molecule has 96 valence electrons. The second kappa shape index (κ2) is 8.01. The number of nitrogens with zero attached hydrogens (tertiary/aromatic N) is 1. The Labute approximate surface area is 98.5 Å². The van der Waals surface area contributed by atoms with E-state index < -0.39 is 0 Å². The molecule has 16 heavy (non-hydrogen) atoms. The van der Waals surface area contributed by atoms with Crippen molar-refractivity contribution in [1.29, 1.82) is 0 Å². The number of rotatable bonds is 8. The molecule has 1 aliphatic rings. The molecule has 1 saturated carbocycles. The van der Waals surface area contributed by atoms with Gasteiger partial charge in [0.25, 0.3) is 0 Å². The van der Waals surface area contributed by atoms with E-state index in [0.29, 0.717) is 32.4 Å². The standard InChI is InChI=1S/C12H25NO3/c1-13(11-5-3-4-6-11)9-12(14)10-16-8-7-15-2/h11-12,14H,3-10H2,1-2H3. The fourth-order valence-corrected chi connectivity index (χ4v) is 2.24. The van der Waals surface area contributed by atoms with E-state index in [1.54, 1.807) is 7.11 Å². The zero-order valence-electron chi connectivity index (χ0n) is 10.5. The maximum Gasteiger partial charge on any atom is 0.0900 e. The Morgan fingerprint density at radius 1 is 1.31 bits per heavy atom. The number of ether oxygens (including phenoxy) is 2. The van der Waals surface area contributed by atoms with Gasteiger partial charge < -0.3 is 19.5 Å². The van der Waals surface area contributed by atoms with E-state index >= 15 is 0 Å². The Balaban J connectivity index is 2.05. The van der Waals surface area contributed by atoms with Crippen molar-refractivity contribution in [2.45, 2.75) is 37.8 Å². The predicted molar refractivity (Wildman–Crippen MR) is 63.6 cm³/mol. The number of hydrogen-bond donors (Lipinski definition) is 1. The van der Waals surface area contributed by atoms with Crippen LogP contribution >= 0.6 is 0 Å². The average Bonchev–Trinajstić information content (AvgIpc) is 2.77. The number of likely N-dealkylation sites (N-methyl/N-ethyl adjacent to an activating group) is 1. The zero-order chi connectivity index (χ0) is 11.8. The first-order valence-corrected chi connectivity index (χ1v) is 6.19. The van der Waals surface area contributed by atoms with E-state index in [9.17, 15) is 5.11 Å². The third kappa shape index (κ3) is 5.25. The average molecular weight is 231 g/mol. The molecule has 1 N–H and O–H groups in total. The molecule has 1 unspecified atom stereocenters. The minimum absolute atomic E-state index is 0.387. The van der Waals surface area contributed by atoms with Crippen LogP contribution in [0.1, 0.15) is 25.7 Å². The Kier molecular flexibility index (Phi) is 6.96. The Hall–Kier alpha value is -0.160. The van der Waals surface area contributed by atoms with Crippen LogP contribution in [-0.2, 0) is 9.47 Å². The molecule has 0 heterocycles. The highest BCUT2D eigenvalue weighted by molar-refractivity contribution is 4.76. The van der Waals surface area contributed by atoms with Crippen molar-refractivity contribution >= 4 is 0 Å². The smallest absolute Gasteiger partial charge is 0.0900 e. The Morgan fingerprint density at radius 2 is 2.00 bits per heavy atom. The first kappa shape index (κ1) is 13.9. The van der Waals surface area contributed by atoms with Crippen LogP contribution in [0.3, 0.4) is 0 Å². The summed E-state index contributed by atoms with van der Waals surface area (Å²) in [5.41, 5.74) is 0. The summed E-state index contributed by atoms with van der Waals surface area (Å²) >= 11 is 0. The molecule has 0 spiro atoms. The van der Waals surface area contributed by atoms with Gasteiger partial charge in [0.2, 0.25) is 0 Å². The van der Waals surface area contributed by atoms with Crippen LogP contribution < -0.4 is 0 Å². The Morgan fingerprint density at radius 3 is 2.62 bits per heavy atom. The molecule has 0 amide bonds. The van der Waals surface area contributed by atoms with E-state index in [1.807, 2.05) is 0 Å². The fourth-order valence-electron chi connectivity index (χ4n) is 2.24. The van der Waals surface area contributed by atoms with Gasteiger partial charge in [0.05, 0.1) is 25.9 Å². The van der Waals surface area contributed by atoms with Crippen molar-refractivity contribution in [3.63, 3.8) is 0 Å². The lowest BCUT2D eigenvalue weighted by Gasteiger charge is -2.26. The van der Waals surface area contributed by atoms with Crippen LogP contribution in [0.5, 0.6) is 0 Å². The summed E-state index contributed by atoms with van der Waals surface area (Å²) in [6, 6.07) is 0.661. The third-order valence-electron chi connectivity index (χ3n) is 3.19. The number of aliphatic hydroxyl groups excluding tert-OH is 1. The molecule has 1 rings (SSSR count).